The van der Waals surface area contributed by atoms with Crippen LogP contribution in [0.4, 0.5) is 5.82 Å². The van der Waals surface area contributed by atoms with Gasteiger partial charge < -0.3 is 5.32 Å². The molecule has 0 spiro atoms. The lowest BCUT2D eigenvalue weighted by Crippen LogP contribution is -2.10. The van der Waals surface area contributed by atoms with Crippen LogP contribution in [0.1, 0.15) is 38.8 Å². The molecule has 1 heterocycles. The van der Waals surface area contributed by atoms with E-state index in [0.717, 1.165) is 43.9 Å². The summed E-state index contributed by atoms with van der Waals surface area (Å²) in [6.07, 6.45) is 1.07. The van der Waals surface area contributed by atoms with Gasteiger partial charge in [0, 0.05) is 16.6 Å². The molecule has 1 N–H and O–H groups in total. The lowest BCUT2D eigenvalue weighted by Gasteiger charge is -2.15. The fourth-order valence-corrected chi connectivity index (χ4v) is 3.49. The number of aromatic nitrogens is 2. The number of nitrogens with one attached hydrogen (secondary N) is 1. The van der Waals surface area contributed by atoms with Crippen molar-refractivity contribution in [3.63, 3.8) is 0 Å². The Morgan fingerprint density at radius 2 is 1.95 bits per heavy atom. The van der Waals surface area contributed by atoms with Crippen molar-refractivity contribution in [2.75, 3.05) is 11.9 Å². The van der Waals surface area contributed by atoms with E-state index in [1.807, 2.05) is 24.3 Å². The number of benzene rings is 1. The van der Waals surface area contributed by atoms with Crippen molar-refractivity contribution in [1.82, 2.24) is 9.97 Å². The average Bonchev–Trinajstić information content (AvgIpc) is 2.46. The molecule has 112 valence electrons. The first-order chi connectivity index (χ1) is 10.0. The largest absolute Gasteiger partial charge is 0.369 e. The monoisotopic (exact) mass is 459 g/mol. The van der Waals surface area contributed by atoms with E-state index in [0.29, 0.717) is 5.92 Å². The van der Waals surface area contributed by atoms with Crippen LogP contribution < -0.4 is 5.32 Å². The third kappa shape index (κ3) is 3.94. The van der Waals surface area contributed by atoms with Crippen molar-refractivity contribution >= 4 is 44.3 Å². The Balaban J connectivity index is 2.56. The summed E-state index contributed by atoms with van der Waals surface area (Å²) >= 11 is 5.93. The Bertz CT molecular complexity index is 629. The summed E-state index contributed by atoms with van der Waals surface area (Å²) in [5.74, 6) is 2.07. The van der Waals surface area contributed by atoms with E-state index in [2.05, 4.69) is 64.6 Å². The molecular formula is C16H19BrIN3. The van der Waals surface area contributed by atoms with Gasteiger partial charge in [0.15, 0.2) is 5.82 Å². The van der Waals surface area contributed by atoms with Crippen LogP contribution in [0, 0.1) is 3.57 Å². The molecule has 5 heteroatoms. The van der Waals surface area contributed by atoms with Crippen LogP contribution in [-0.4, -0.2) is 16.5 Å². The highest BCUT2D eigenvalue weighted by molar-refractivity contribution is 14.1. The van der Waals surface area contributed by atoms with E-state index in [1.165, 1.54) is 0 Å². The molecule has 0 saturated carbocycles. The van der Waals surface area contributed by atoms with Crippen LogP contribution in [0.3, 0.4) is 0 Å². The van der Waals surface area contributed by atoms with Crippen molar-refractivity contribution in [2.45, 2.75) is 33.1 Å². The Kier molecular flexibility index (Phi) is 5.98. The normalized spacial score (nSPS) is 11.0. The van der Waals surface area contributed by atoms with Crippen LogP contribution in [0.2, 0.25) is 0 Å². The van der Waals surface area contributed by atoms with Gasteiger partial charge in [0.1, 0.15) is 5.82 Å². The standard InChI is InChI=1S/C16H19BrIN3/c1-4-9-19-16-13(18)14(10(2)3)20-15(21-16)11-7-5-6-8-12(11)17/h5-8,10H,4,9H2,1-3H3,(H,19,20,21). The highest BCUT2D eigenvalue weighted by atomic mass is 127. The highest BCUT2D eigenvalue weighted by Gasteiger charge is 2.16. The molecule has 1 aromatic heterocycles. The second-order valence-electron chi connectivity index (χ2n) is 5.16. The molecule has 2 rings (SSSR count). The van der Waals surface area contributed by atoms with Crippen LogP contribution in [0.15, 0.2) is 28.7 Å². The quantitative estimate of drug-likeness (QED) is 0.603. The molecule has 0 amide bonds. The number of hydrogen-bond acceptors (Lipinski definition) is 3. The first-order valence-electron chi connectivity index (χ1n) is 7.10. The molecule has 1 aromatic carbocycles. The zero-order valence-corrected chi connectivity index (χ0v) is 16.2. The minimum Gasteiger partial charge on any atom is -0.369 e. The van der Waals surface area contributed by atoms with E-state index in [9.17, 15) is 0 Å². The van der Waals surface area contributed by atoms with Crippen molar-refractivity contribution in [2.24, 2.45) is 0 Å². The summed E-state index contributed by atoms with van der Waals surface area (Å²) in [6, 6.07) is 8.07. The van der Waals surface area contributed by atoms with Gasteiger partial charge in [-0.3, -0.25) is 0 Å². The molecule has 3 nitrogen and oxygen atoms in total. The van der Waals surface area contributed by atoms with E-state index >= 15 is 0 Å². The molecule has 0 aliphatic heterocycles. The van der Waals surface area contributed by atoms with Crippen LogP contribution in [0.25, 0.3) is 11.4 Å². The minimum atomic E-state index is 0.364. The van der Waals surface area contributed by atoms with E-state index in [1.54, 1.807) is 0 Å². The van der Waals surface area contributed by atoms with Gasteiger partial charge in [-0.15, -0.1) is 0 Å². The zero-order chi connectivity index (χ0) is 15.4. The molecule has 0 aliphatic carbocycles. The molecule has 0 unspecified atom stereocenters. The van der Waals surface area contributed by atoms with E-state index in [-0.39, 0.29) is 0 Å². The Hall–Kier alpha value is -0.690. The lowest BCUT2D eigenvalue weighted by molar-refractivity contribution is 0.807. The van der Waals surface area contributed by atoms with Gasteiger partial charge in [0.25, 0.3) is 0 Å². The molecule has 0 fully saturated rings. The van der Waals surface area contributed by atoms with Gasteiger partial charge in [-0.25, -0.2) is 9.97 Å². The Labute approximate surface area is 148 Å². The van der Waals surface area contributed by atoms with Crippen LogP contribution >= 0.6 is 38.5 Å². The summed E-state index contributed by atoms with van der Waals surface area (Å²) in [5.41, 5.74) is 2.12. The number of halogens is 2. The Morgan fingerprint density at radius 1 is 1.24 bits per heavy atom. The summed E-state index contributed by atoms with van der Waals surface area (Å²) in [7, 11) is 0. The topological polar surface area (TPSA) is 37.8 Å². The fourth-order valence-electron chi connectivity index (χ4n) is 1.97. The second-order valence-corrected chi connectivity index (χ2v) is 7.09. The summed E-state index contributed by atoms with van der Waals surface area (Å²) in [6.45, 7) is 7.40. The highest BCUT2D eigenvalue weighted by Crippen LogP contribution is 2.31. The molecule has 0 saturated heterocycles. The van der Waals surface area contributed by atoms with Gasteiger partial charge in [-0.2, -0.15) is 0 Å². The molecule has 0 atom stereocenters. The number of anilines is 1. The molecule has 21 heavy (non-hydrogen) atoms. The van der Waals surface area contributed by atoms with Crippen molar-refractivity contribution in [3.05, 3.63) is 38.0 Å². The first-order valence-corrected chi connectivity index (χ1v) is 8.98. The maximum absolute atomic E-state index is 4.78. The van der Waals surface area contributed by atoms with Gasteiger partial charge in [-0.05, 0) is 41.0 Å². The van der Waals surface area contributed by atoms with Gasteiger partial charge in [0.05, 0.1) is 9.26 Å². The minimum absolute atomic E-state index is 0.364. The van der Waals surface area contributed by atoms with E-state index in [4.69, 9.17) is 9.97 Å². The fraction of sp³-hybridized carbons (Fsp3) is 0.375. The maximum atomic E-state index is 4.78. The summed E-state index contributed by atoms with van der Waals surface area (Å²) < 4.78 is 2.13. The summed E-state index contributed by atoms with van der Waals surface area (Å²) in [4.78, 5) is 9.51. The van der Waals surface area contributed by atoms with Crippen LogP contribution in [0.5, 0.6) is 0 Å². The third-order valence-corrected chi connectivity index (χ3v) is 4.84. The predicted molar refractivity (Wildman–Crippen MR) is 101 cm³/mol. The summed E-state index contributed by atoms with van der Waals surface area (Å²) in [5, 5.41) is 3.41. The molecule has 0 radical (unpaired) electrons. The van der Waals surface area contributed by atoms with Crippen molar-refractivity contribution in [3.8, 4) is 11.4 Å². The Morgan fingerprint density at radius 3 is 2.57 bits per heavy atom. The first kappa shape index (κ1) is 16.7. The van der Waals surface area contributed by atoms with Gasteiger partial charge >= 0.3 is 0 Å². The van der Waals surface area contributed by atoms with Gasteiger partial charge in [-0.1, -0.05) is 54.9 Å². The third-order valence-electron chi connectivity index (χ3n) is 3.08. The number of rotatable bonds is 5. The number of nitrogens with zero attached hydrogens (tertiary/aromatic N) is 2. The smallest absolute Gasteiger partial charge is 0.162 e. The molecular weight excluding hydrogens is 441 g/mol. The molecule has 0 bridgehead atoms. The van der Waals surface area contributed by atoms with Crippen molar-refractivity contribution < 1.29 is 0 Å². The number of hydrogen-bond donors (Lipinski definition) is 1. The SMILES string of the molecule is CCCNc1nc(-c2ccccc2Br)nc(C(C)C)c1I. The van der Waals surface area contributed by atoms with Crippen molar-refractivity contribution in [1.29, 1.82) is 0 Å². The lowest BCUT2D eigenvalue weighted by atomic mass is 10.1. The van der Waals surface area contributed by atoms with Gasteiger partial charge in [0.2, 0.25) is 0 Å². The van der Waals surface area contributed by atoms with Crippen LogP contribution in [-0.2, 0) is 0 Å². The molecule has 2 aromatic rings. The zero-order valence-electron chi connectivity index (χ0n) is 12.5. The average molecular weight is 460 g/mol. The predicted octanol–water partition coefficient (Wildman–Crippen LogP) is 5.46. The van der Waals surface area contributed by atoms with E-state index < -0.39 is 0 Å². The molecule has 0 aliphatic rings. The maximum Gasteiger partial charge on any atom is 0.162 e. The second kappa shape index (κ2) is 7.54.